The monoisotopic (exact) mass is 431 g/mol. The summed E-state index contributed by atoms with van der Waals surface area (Å²) in [6.07, 6.45) is 3.83. The van der Waals surface area contributed by atoms with Gasteiger partial charge in [0.15, 0.2) is 0 Å². The number of carbonyl (C=O) groups is 1. The van der Waals surface area contributed by atoms with E-state index in [2.05, 4.69) is 10.2 Å². The first-order valence-corrected chi connectivity index (χ1v) is 12.0. The maximum absolute atomic E-state index is 13.0. The second kappa shape index (κ2) is 9.38. The number of carbonyl (C=O) groups excluding carboxylic acids is 1. The predicted octanol–water partition coefficient (Wildman–Crippen LogP) is 3.48. The van der Waals surface area contributed by atoms with Gasteiger partial charge in [-0.3, -0.25) is 9.10 Å². The van der Waals surface area contributed by atoms with E-state index in [1.165, 1.54) is 17.1 Å². The molecule has 1 N–H and O–H groups in total. The number of rotatable bonds is 8. The molecule has 0 radical (unpaired) electrons. The lowest BCUT2D eigenvalue weighted by Gasteiger charge is -2.30. The van der Waals surface area contributed by atoms with E-state index in [1.54, 1.807) is 38.3 Å². The fourth-order valence-electron chi connectivity index (χ4n) is 3.75. The molecule has 1 saturated heterocycles. The van der Waals surface area contributed by atoms with Crippen molar-refractivity contribution >= 4 is 33.0 Å². The normalized spacial score (nSPS) is 15.0. The largest absolute Gasteiger partial charge is 0.497 e. The smallest absolute Gasteiger partial charge is 0.248 e. The minimum Gasteiger partial charge on any atom is -0.497 e. The van der Waals surface area contributed by atoms with Gasteiger partial charge in [0.1, 0.15) is 11.8 Å². The summed E-state index contributed by atoms with van der Waals surface area (Å²) in [5.74, 6) is 0.246. The van der Waals surface area contributed by atoms with Crippen LogP contribution in [0.2, 0.25) is 0 Å². The zero-order valence-corrected chi connectivity index (χ0v) is 18.5. The van der Waals surface area contributed by atoms with Gasteiger partial charge in [0, 0.05) is 24.5 Å². The van der Waals surface area contributed by atoms with Crippen molar-refractivity contribution in [1.82, 2.24) is 0 Å². The van der Waals surface area contributed by atoms with Gasteiger partial charge < -0.3 is 15.0 Å². The van der Waals surface area contributed by atoms with Gasteiger partial charge in [-0.1, -0.05) is 6.92 Å². The maximum atomic E-state index is 13.0. The molecule has 0 bridgehead atoms. The van der Waals surface area contributed by atoms with E-state index < -0.39 is 16.1 Å². The third-order valence-corrected chi connectivity index (χ3v) is 6.44. The Morgan fingerprint density at radius 3 is 2.20 bits per heavy atom. The number of methoxy groups -OCH3 is 1. The number of amides is 1. The number of nitrogens with one attached hydrogen (secondary N) is 1. The molecule has 0 aromatic heterocycles. The summed E-state index contributed by atoms with van der Waals surface area (Å²) in [5, 5.41) is 2.87. The minimum absolute atomic E-state index is 0.330. The third kappa shape index (κ3) is 5.05. The Bertz CT molecular complexity index is 953. The van der Waals surface area contributed by atoms with E-state index in [-0.39, 0.29) is 5.91 Å². The Morgan fingerprint density at radius 2 is 1.70 bits per heavy atom. The summed E-state index contributed by atoms with van der Waals surface area (Å²) in [4.78, 5) is 15.3. The van der Waals surface area contributed by atoms with Crippen molar-refractivity contribution in [2.24, 2.45) is 0 Å². The Balaban J connectivity index is 1.79. The molecular formula is C22H29N3O4S. The second-order valence-corrected chi connectivity index (χ2v) is 9.27. The van der Waals surface area contributed by atoms with Crippen molar-refractivity contribution < 1.29 is 17.9 Å². The van der Waals surface area contributed by atoms with Crippen molar-refractivity contribution in [2.45, 2.75) is 32.2 Å². The van der Waals surface area contributed by atoms with Crippen LogP contribution in [0.5, 0.6) is 5.75 Å². The Hall–Kier alpha value is -2.74. The summed E-state index contributed by atoms with van der Waals surface area (Å²) in [5.41, 5.74) is 2.20. The molecule has 1 heterocycles. The zero-order chi connectivity index (χ0) is 21.7. The van der Waals surface area contributed by atoms with Crippen LogP contribution < -0.4 is 19.3 Å². The van der Waals surface area contributed by atoms with Gasteiger partial charge in [0.2, 0.25) is 15.9 Å². The molecule has 1 amide bonds. The standard InChI is InChI=1S/C22H29N3O4S/c1-4-21(25(30(3,27)28)19-11-13-20(29-2)14-12-19)22(26)23-17-7-9-18(10-8-17)24-15-5-6-16-24/h7-14,21H,4-6,15-16H2,1-3H3,(H,23,26). The lowest BCUT2D eigenvalue weighted by molar-refractivity contribution is -0.117. The fraction of sp³-hybridized carbons (Fsp3) is 0.409. The molecule has 1 aliphatic heterocycles. The zero-order valence-electron chi connectivity index (χ0n) is 17.7. The van der Waals surface area contributed by atoms with Gasteiger partial charge in [-0.2, -0.15) is 0 Å². The summed E-state index contributed by atoms with van der Waals surface area (Å²) >= 11 is 0. The molecule has 162 valence electrons. The Morgan fingerprint density at radius 1 is 1.10 bits per heavy atom. The average molecular weight is 432 g/mol. The number of nitrogens with zero attached hydrogens (tertiary/aromatic N) is 2. The highest BCUT2D eigenvalue weighted by Crippen LogP contribution is 2.26. The summed E-state index contributed by atoms with van der Waals surface area (Å²) in [6, 6.07) is 13.4. The van der Waals surface area contributed by atoms with Gasteiger partial charge in [0.05, 0.1) is 19.1 Å². The van der Waals surface area contributed by atoms with Crippen molar-refractivity contribution in [2.75, 3.05) is 41.0 Å². The molecule has 0 aliphatic carbocycles. The number of hydrogen-bond donors (Lipinski definition) is 1. The van der Waals surface area contributed by atoms with Gasteiger partial charge >= 0.3 is 0 Å². The molecule has 8 heteroatoms. The van der Waals surface area contributed by atoms with Crippen LogP contribution in [0.4, 0.5) is 17.1 Å². The second-order valence-electron chi connectivity index (χ2n) is 7.41. The van der Waals surface area contributed by atoms with E-state index in [0.717, 1.165) is 25.0 Å². The highest BCUT2D eigenvalue weighted by Gasteiger charge is 2.31. The van der Waals surface area contributed by atoms with Crippen molar-refractivity contribution in [3.05, 3.63) is 48.5 Å². The van der Waals surface area contributed by atoms with Crippen molar-refractivity contribution in [3.8, 4) is 5.75 Å². The van der Waals surface area contributed by atoms with E-state index >= 15 is 0 Å². The Labute approximate surface area is 178 Å². The molecule has 3 rings (SSSR count). The number of anilines is 3. The van der Waals surface area contributed by atoms with Gasteiger partial charge in [0.25, 0.3) is 0 Å². The van der Waals surface area contributed by atoms with E-state index in [0.29, 0.717) is 23.5 Å². The van der Waals surface area contributed by atoms with Crippen LogP contribution in [0.25, 0.3) is 0 Å². The van der Waals surface area contributed by atoms with Crippen LogP contribution in [0.3, 0.4) is 0 Å². The molecule has 1 atom stereocenters. The SMILES string of the molecule is CCC(C(=O)Nc1ccc(N2CCCC2)cc1)N(c1ccc(OC)cc1)S(C)(=O)=O. The van der Waals surface area contributed by atoms with Crippen LogP contribution in [0.15, 0.2) is 48.5 Å². The van der Waals surface area contributed by atoms with E-state index in [9.17, 15) is 13.2 Å². The number of sulfonamides is 1. The van der Waals surface area contributed by atoms with Gasteiger partial charge in [-0.05, 0) is 67.8 Å². The fourth-order valence-corrected chi connectivity index (χ4v) is 4.96. The molecule has 7 nitrogen and oxygen atoms in total. The first kappa shape index (κ1) is 22.0. The summed E-state index contributed by atoms with van der Waals surface area (Å²) < 4.78 is 31.4. The maximum Gasteiger partial charge on any atom is 0.248 e. The molecule has 1 fully saturated rings. The molecular weight excluding hydrogens is 402 g/mol. The molecule has 0 spiro atoms. The van der Waals surface area contributed by atoms with Crippen molar-refractivity contribution in [1.29, 1.82) is 0 Å². The van der Waals surface area contributed by atoms with E-state index in [4.69, 9.17) is 4.74 Å². The summed E-state index contributed by atoms with van der Waals surface area (Å²) in [7, 11) is -2.14. The predicted molar refractivity (Wildman–Crippen MR) is 121 cm³/mol. The summed E-state index contributed by atoms with van der Waals surface area (Å²) in [6.45, 7) is 3.89. The Kier molecular flexibility index (Phi) is 6.87. The van der Waals surface area contributed by atoms with E-state index in [1.807, 2.05) is 24.3 Å². The molecule has 30 heavy (non-hydrogen) atoms. The van der Waals surface area contributed by atoms with Gasteiger partial charge in [-0.15, -0.1) is 0 Å². The molecule has 1 aliphatic rings. The average Bonchev–Trinajstić information content (AvgIpc) is 3.26. The van der Waals surface area contributed by atoms with Gasteiger partial charge in [-0.25, -0.2) is 8.42 Å². The molecule has 1 unspecified atom stereocenters. The van der Waals surface area contributed by atoms with Crippen LogP contribution in [-0.4, -0.2) is 46.8 Å². The highest BCUT2D eigenvalue weighted by atomic mass is 32.2. The lowest BCUT2D eigenvalue weighted by atomic mass is 10.1. The third-order valence-electron chi connectivity index (χ3n) is 5.26. The number of hydrogen-bond acceptors (Lipinski definition) is 5. The van der Waals surface area contributed by atoms with Crippen LogP contribution in [0.1, 0.15) is 26.2 Å². The first-order chi connectivity index (χ1) is 14.3. The van der Waals surface area contributed by atoms with Crippen molar-refractivity contribution in [3.63, 3.8) is 0 Å². The molecule has 0 saturated carbocycles. The number of ether oxygens (including phenoxy) is 1. The number of benzene rings is 2. The quantitative estimate of drug-likeness (QED) is 0.692. The first-order valence-electron chi connectivity index (χ1n) is 10.1. The van der Waals surface area contributed by atoms with Crippen LogP contribution >= 0.6 is 0 Å². The minimum atomic E-state index is -3.68. The molecule has 2 aromatic rings. The molecule has 2 aromatic carbocycles. The topological polar surface area (TPSA) is 79.0 Å². The van der Waals surface area contributed by atoms with Crippen LogP contribution in [0, 0.1) is 0 Å². The lowest BCUT2D eigenvalue weighted by Crippen LogP contribution is -2.47. The van der Waals surface area contributed by atoms with Crippen LogP contribution in [-0.2, 0) is 14.8 Å². The highest BCUT2D eigenvalue weighted by molar-refractivity contribution is 7.92.